The predicted molar refractivity (Wildman–Crippen MR) is 75.0 cm³/mol. The third kappa shape index (κ3) is 2.99. The first-order valence-electron chi connectivity index (χ1n) is 6.86. The second-order valence-corrected chi connectivity index (χ2v) is 5.25. The lowest BCUT2D eigenvalue weighted by molar-refractivity contribution is 0.0137. The van der Waals surface area contributed by atoms with Crippen molar-refractivity contribution in [3.63, 3.8) is 0 Å². The zero-order valence-corrected chi connectivity index (χ0v) is 11.9. The Kier molecular flexibility index (Phi) is 4.73. The first-order valence-corrected chi connectivity index (χ1v) is 6.86. The molecule has 1 heterocycles. The van der Waals surface area contributed by atoms with Crippen molar-refractivity contribution in [2.75, 3.05) is 20.2 Å². The van der Waals surface area contributed by atoms with Crippen LogP contribution in [0.15, 0.2) is 18.2 Å². The van der Waals surface area contributed by atoms with Gasteiger partial charge in [-0.15, -0.1) is 0 Å². The van der Waals surface area contributed by atoms with E-state index in [1.807, 2.05) is 0 Å². The number of methoxy groups -OCH3 is 1. The van der Waals surface area contributed by atoms with Gasteiger partial charge in [-0.05, 0) is 37.5 Å². The quantitative estimate of drug-likeness (QED) is 0.917. The van der Waals surface area contributed by atoms with Gasteiger partial charge in [0, 0.05) is 26.2 Å². The Balaban J connectivity index is 2.19. The highest BCUT2D eigenvalue weighted by molar-refractivity contribution is 5.94. The van der Waals surface area contributed by atoms with Crippen LogP contribution < -0.4 is 5.73 Å². The zero-order chi connectivity index (χ0) is 14.7. The van der Waals surface area contributed by atoms with Gasteiger partial charge in [0.1, 0.15) is 5.82 Å². The zero-order valence-electron chi connectivity index (χ0n) is 11.9. The summed E-state index contributed by atoms with van der Waals surface area (Å²) in [6.45, 7) is 2.70. The number of benzene rings is 1. The first kappa shape index (κ1) is 14.9. The molecule has 20 heavy (non-hydrogen) atoms. The third-order valence-corrected chi connectivity index (χ3v) is 3.89. The molecule has 1 aromatic rings. The number of carbonyl (C=O) groups is 1. The number of amides is 1. The Bertz CT molecular complexity index is 493. The number of rotatable bonds is 3. The summed E-state index contributed by atoms with van der Waals surface area (Å²) in [6, 6.07) is 4.58. The molecule has 0 aliphatic carbocycles. The molecule has 1 aromatic carbocycles. The fraction of sp³-hybridized carbons (Fsp3) is 0.533. The maximum Gasteiger partial charge on any atom is 0.257 e. The molecule has 1 fully saturated rings. The molecule has 1 aliphatic heterocycles. The number of nitrogens with zero attached hydrogens (tertiary/aromatic N) is 1. The Labute approximate surface area is 118 Å². The lowest BCUT2D eigenvalue weighted by atomic mass is 9.98. The van der Waals surface area contributed by atoms with Crippen LogP contribution >= 0.6 is 0 Å². The van der Waals surface area contributed by atoms with E-state index in [-0.39, 0.29) is 23.6 Å². The molecule has 0 radical (unpaired) electrons. The Morgan fingerprint density at radius 1 is 1.55 bits per heavy atom. The van der Waals surface area contributed by atoms with Crippen LogP contribution in [-0.4, -0.2) is 43.2 Å². The van der Waals surface area contributed by atoms with E-state index in [4.69, 9.17) is 10.5 Å². The first-order chi connectivity index (χ1) is 9.56. The van der Waals surface area contributed by atoms with Crippen LogP contribution in [0, 0.1) is 12.7 Å². The summed E-state index contributed by atoms with van der Waals surface area (Å²) in [5.74, 6) is -0.757. The van der Waals surface area contributed by atoms with Gasteiger partial charge in [0.25, 0.3) is 5.91 Å². The fourth-order valence-corrected chi connectivity index (χ4v) is 2.67. The summed E-state index contributed by atoms with van der Waals surface area (Å²) >= 11 is 0. The van der Waals surface area contributed by atoms with E-state index in [0.29, 0.717) is 19.5 Å². The Hall–Kier alpha value is -1.46. The molecule has 1 amide bonds. The Morgan fingerprint density at radius 2 is 2.30 bits per heavy atom. The number of nitrogens with two attached hydrogens (primary N) is 1. The third-order valence-electron chi connectivity index (χ3n) is 3.89. The number of hydrogen-bond donors (Lipinski definition) is 1. The molecule has 2 rings (SSSR count). The molecule has 2 N–H and O–H groups in total. The second-order valence-electron chi connectivity index (χ2n) is 5.25. The van der Waals surface area contributed by atoms with E-state index in [1.165, 1.54) is 6.07 Å². The van der Waals surface area contributed by atoms with E-state index in [1.54, 1.807) is 31.1 Å². The molecular weight excluding hydrogens is 259 g/mol. The van der Waals surface area contributed by atoms with Gasteiger partial charge in [-0.3, -0.25) is 4.79 Å². The van der Waals surface area contributed by atoms with Gasteiger partial charge in [-0.2, -0.15) is 0 Å². The number of hydrogen-bond acceptors (Lipinski definition) is 3. The summed E-state index contributed by atoms with van der Waals surface area (Å²) in [4.78, 5) is 14.2. The summed E-state index contributed by atoms with van der Waals surface area (Å²) < 4.78 is 19.3. The van der Waals surface area contributed by atoms with Crippen LogP contribution in [0.5, 0.6) is 0 Å². The van der Waals surface area contributed by atoms with E-state index in [2.05, 4.69) is 0 Å². The van der Waals surface area contributed by atoms with E-state index < -0.39 is 5.82 Å². The van der Waals surface area contributed by atoms with Crippen LogP contribution in [0.25, 0.3) is 0 Å². The molecule has 2 unspecified atom stereocenters. The summed E-state index contributed by atoms with van der Waals surface area (Å²) in [7, 11) is 1.66. The monoisotopic (exact) mass is 280 g/mol. The van der Waals surface area contributed by atoms with Gasteiger partial charge in [-0.1, -0.05) is 6.07 Å². The van der Waals surface area contributed by atoms with Crippen molar-refractivity contribution in [2.24, 2.45) is 5.73 Å². The largest absolute Gasteiger partial charge is 0.381 e. The molecule has 0 saturated carbocycles. The number of likely N-dealkylation sites (tertiary alicyclic amines) is 1. The van der Waals surface area contributed by atoms with Crippen LogP contribution in [0.1, 0.15) is 28.8 Å². The lowest BCUT2D eigenvalue weighted by Gasteiger charge is -2.38. The molecule has 2 atom stereocenters. The molecule has 1 aliphatic rings. The minimum absolute atomic E-state index is 0.0955. The van der Waals surface area contributed by atoms with Crippen molar-refractivity contribution >= 4 is 5.91 Å². The molecule has 0 spiro atoms. The van der Waals surface area contributed by atoms with Crippen LogP contribution in [0.2, 0.25) is 0 Å². The van der Waals surface area contributed by atoms with E-state index >= 15 is 0 Å². The predicted octanol–water partition coefficient (Wildman–Crippen LogP) is 1.71. The van der Waals surface area contributed by atoms with Gasteiger partial charge >= 0.3 is 0 Å². The molecule has 5 heteroatoms. The molecule has 4 nitrogen and oxygen atoms in total. The maximum absolute atomic E-state index is 13.9. The number of aryl methyl sites for hydroxylation is 1. The summed E-state index contributed by atoms with van der Waals surface area (Å²) in [6.07, 6.45) is 1.58. The average molecular weight is 280 g/mol. The highest BCUT2D eigenvalue weighted by Crippen LogP contribution is 2.22. The topological polar surface area (TPSA) is 55.6 Å². The summed E-state index contributed by atoms with van der Waals surface area (Å²) in [5.41, 5.74) is 6.66. The van der Waals surface area contributed by atoms with Crippen molar-refractivity contribution in [1.82, 2.24) is 4.90 Å². The van der Waals surface area contributed by atoms with E-state index in [0.717, 1.165) is 12.0 Å². The maximum atomic E-state index is 13.9. The van der Waals surface area contributed by atoms with Gasteiger partial charge in [0.2, 0.25) is 0 Å². The number of halogens is 1. The number of carbonyl (C=O) groups excluding carboxylic acids is 1. The van der Waals surface area contributed by atoms with Gasteiger partial charge in [0.05, 0.1) is 11.7 Å². The van der Waals surface area contributed by atoms with Crippen molar-refractivity contribution in [3.8, 4) is 0 Å². The van der Waals surface area contributed by atoms with E-state index in [9.17, 15) is 9.18 Å². The van der Waals surface area contributed by atoms with Gasteiger partial charge in [0.15, 0.2) is 0 Å². The van der Waals surface area contributed by atoms with Gasteiger partial charge in [-0.25, -0.2) is 4.39 Å². The molecule has 110 valence electrons. The highest BCUT2D eigenvalue weighted by atomic mass is 19.1. The molecule has 1 saturated heterocycles. The van der Waals surface area contributed by atoms with Crippen LogP contribution in [-0.2, 0) is 4.74 Å². The van der Waals surface area contributed by atoms with Crippen molar-refractivity contribution < 1.29 is 13.9 Å². The standard InChI is InChI=1S/C15H21FN2O2/c1-10-3-4-13(14(16)7-10)15(19)18-6-5-12(20-2)8-11(18)9-17/h3-4,7,11-12H,5-6,8-9,17H2,1-2H3. The molecular formula is C15H21FN2O2. The van der Waals surface area contributed by atoms with Crippen LogP contribution in [0.3, 0.4) is 0 Å². The van der Waals surface area contributed by atoms with Crippen molar-refractivity contribution in [2.45, 2.75) is 31.9 Å². The molecule has 0 aromatic heterocycles. The molecule has 0 bridgehead atoms. The lowest BCUT2D eigenvalue weighted by Crippen LogP contribution is -2.51. The van der Waals surface area contributed by atoms with Crippen molar-refractivity contribution in [3.05, 3.63) is 35.1 Å². The van der Waals surface area contributed by atoms with Crippen LogP contribution in [0.4, 0.5) is 4.39 Å². The normalized spacial score (nSPS) is 22.9. The SMILES string of the molecule is COC1CCN(C(=O)c2ccc(C)cc2F)C(CN)C1. The second kappa shape index (κ2) is 6.33. The Morgan fingerprint density at radius 3 is 2.90 bits per heavy atom. The highest BCUT2D eigenvalue weighted by Gasteiger charge is 2.32. The minimum Gasteiger partial charge on any atom is -0.381 e. The smallest absolute Gasteiger partial charge is 0.257 e. The van der Waals surface area contributed by atoms with Gasteiger partial charge < -0.3 is 15.4 Å². The van der Waals surface area contributed by atoms with Crippen molar-refractivity contribution in [1.29, 1.82) is 0 Å². The minimum atomic E-state index is -0.473. The number of ether oxygens (including phenoxy) is 1. The average Bonchev–Trinajstić information content (AvgIpc) is 2.46. The number of piperidine rings is 1. The fourth-order valence-electron chi connectivity index (χ4n) is 2.67. The summed E-state index contributed by atoms with van der Waals surface area (Å²) in [5, 5.41) is 0.